The summed E-state index contributed by atoms with van der Waals surface area (Å²) >= 11 is 0. The lowest BCUT2D eigenvalue weighted by Crippen LogP contribution is -2.20. The molecule has 0 aliphatic carbocycles. The Kier molecular flexibility index (Phi) is 6.23. The van der Waals surface area contributed by atoms with Crippen molar-refractivity contribution in [1.29, 1.82) is 0 Å². The molecule has 2 N–H and O–H groups in total. The number of hydrogen-bond acceptors (Lipinski definition) is 6. The number of anilines is 4. The van der Waals surface area contributed by atoms with Crippen LogP contribution in [-0.4, -0.2) is 36.6 Å². The monoisotopic (exact) mass is 395 g/mol. The third kappa shape index (κ3) is 5.90. The Morgan fingerprint density at radius 3 is 2.34 bits per heavy atom. The maximum Gasteiger partial charge on any atom is 0.262 e. The number of amides is 1. The number of carbonyl (C=O) groups is 1. The number of aryl methyl sites for hydroxylation is 1. The van der Waals surface area contributed by atoms with Gasteiger partial charge < -0.3 is 20.3 Å². The average molecular weight is 395 g/mol. The number of nitrogens with zero attached hydrogens (tertiary/aromatic N) is 3. The molecule has 0 radical (unpaired) electrons. The Morgan fingerprint density at radius 1 is 1.03 bits per heavy atom. The van der Waals surface area contributed by atoms with E-state index in [1.165, 1.54) is 24.3 Å². The van der Waals surface area contributed by atoms with Crippen LogP contribution in [0.5, 0.6) is 5.75 Å². The minimum Gasteiger partial charge on any atom is -0.484 e. The van der Waals surface area contributed by atoms with Crippen molar-refractivity contribution in [2.75, 3.05) is 36.2 Å². The molecule has 0 bridgehead atoms. The van der Waals surface area contributed by atoms with Gasteiger partial charge in [-0.2, -0.15) is 0 Å². The number of ether oxygens (including phenoxy) is 1. The Balaban J connectivity index is 1.56. The molecular formula is C21H22FN5O2. The summed E-state index contributed by atoms with van der Waals surface area (Å²) in [5, 5.41) is 5.98. The molecule has 8 heteroatoms. The van der Waals surface area contributed by atoms with Crippen LogP contribution in [0.15, 0.2) is 54.6 Å². The van der Waals surface area contributed by atoms with Crippen molar-refractivity contribution in [2.45, 2.75) is 6.92 Å². The van der Waals surface area contributed by atoms with Gasteiger partial charge in [-0.3, -0.25) is 4.79 Å². The molecule has 2 aromatic carbocycles. The van der Waals surface area contributed by atoms with Gasteiger partial charge in [-0.15, -0.1) is 0 Å². The normalized spacial score (nSPS) is 10.3. The van der Waals surface area contributed by atoms with Crippen LogP contribution in [0.3, 0.4) is 0 Å². The van der Waals surface area contributed by atoms with E-state index in [0.717, 1.165) is 11.5 Å². The minimum atomic E-state index is -0.356. The smallest absolute Gasteiger partial charge is 0.262 e. The standard InChI is InChI=1S/C21H22FN5O2/c1-14-23-19(12-20(24-14)27(2)3)25-16-6-8-17(9-7-16)26-21(28)13-29-18-10-4-15(22)5-11-18/h4-12H,13H2,1-3H3,(H,26,28)(H,23,24,25). The van der Waals surface area contributed by atoms with E-state index in [2.05, 4.69) is 20.6 Å². The van der Waals surface area contributed by atoms with Gasteiger partial charge in [0.2, 0.25) is 0 Å². The van der Waals surface area contributed by atoms with Crippen LogP contribution in [-0.2, 0) is 4.79 Å². The van der Waals surface area contributed by atoms with Gasteiger partial charge in [-0.25, -0.2) is 14.4 Å². The lowest BCUT2D eigenvalue weighted by molar-refractivity contribution is -0.118. The molecule has 1 heterocycles. The molecule has 0 saturated carbocycles. The summed E-state index contributed by atoms with van der Waals surface area (Å²) in [7, 11) is 3.84. The maximum atomic E-state index is 12.9. The molecule has 1 aromatic heterocycles. The van der Waals surface area contributed by atoms with Crippen molar-refractivity contribution in [3.63, 3.8) is 0 Å². The van der Waals surface area contributed by atoms with Gasteiger partial charge in [0, 0.05) is 31.5 Å². The van der Waals surface area contributed by atoms with Crippen LogP contribution in [0.2, 0.25) is 0 Å². The van der Waals surface area contributed by atoms with Gasteiger partial charge in [0.25, 0.3) is 5.91 Å². The Bertz CT molecular complexity index is 975. The first-order valence-corrected chi connectivity index (χ1v) is 8.97. The fraction of sp³-hybridized carbons (Fsp3) is 0.190. The second kappa shape index (κ2) is 9.01. The molecule has 7 nitrogen and oxygen atoms in total. The van der Waals surface area contributed by atoms with Crippen molar-refractivity contribution in [3.05, 3.63) is 66.2 Å². The molecule has 150 valence electrons. The van der Waals surface area contributed by atoms with Crippen LogP contribution in [0.25, 0.3) is 0 Å². The molecule has 1 amide bonds. The van der Waals surface area contributed by atoms with Gasteiger partial charge in [0.1, 0.15) is 29.0 Å². The topological polar surface area (TPSA) is 79.4 Å². The first kappa shape index (κ1) is 20.1. The summed E-state index contributed by atoms with van der Waals surface area (Å²) < 4.78 is 18.2. The van der Waals surface area contributed by atoms with Crippen LogP contribution in [0.4, 0.5) is 27.4 Å². The highest BCUT2D eigenvalue weighted by atomic mass is 19.1. The SMILES string of the molecule is Cc1nc(Nc2ccc(NC(=O)COc3ccc(F)cc3)cc2)cc(N(C)C)n1. The molecule has 0 fully saturated rings. The van der Waals surface area contributed by atoms with Crippen molar-refractivity contribution >= 4 is 28.9 Å². The molecule has 0 atom stereocenters. The number of rotatable bonds is 7. The zero-order valence-electron chi connectivity index (χ0n) is 16.4. The molecule has 0 aliphatic rings. The van der Waals surface area contributed by atoms with Gasteiger partial charge in [0.05, 0.1) is 0 Å². The third-order valence-corrected chi connectivity index (χ3v) is 3.91. The van der Waals surface area contributed by atoms with Crippen LogP contribution in [0.1, 0.15) is 5.82 Å². The van der Waals surface area contributed by atoms with E-state index in [9.17, 15) is 9.18 Å². The quantitative estimate of drug-likeness (QED) is 0.634. The summed E-state index contributed by atoms with van der Waals surface area (Å²) in [4.78, 5) is 22.7. The summed E-state index contributed by atoms with van der Waals surface area (Å²) in [5.41, 5.74) is 1.46. The predicted molar refractivity (Wildman–Crippen MR) is 111 cm³/mol. The van der Waals surface area contributed by atoms with E-state index < -0.39 is 0 Å². The lowest BCUT2D eigenvalue weighted by atomic mass is 10.2. The van der Waals surface area contributed by atoms with Crippen molar-refractivity contribution in [2.24, 2.45) is 0 Å². The van der Waals surface area contributed by atoms with Crippen molar-refractivity contribution in [3.8, 4) is 5.75 Å². The molecule has 0 unspecified atom stereocenters. The van der Waals surface area contributed by atoms with Crippen molar-refractivity contribution < 1.29 is 13.9 Å². The van der Waals surface area contributed by atoms with Gasteiger partial charge in [-0.05, 0) is 55.5 Å². The average Bonchev–Trinajstić information content (AvgIpc) is 2.68. The highest BCUT2D eigenvalue weighted by Gasteiger charge is 2.06. The summed E-state index contributed by atoms with van der Waals surface area (Å²) in [6.07, 6.45) is 0. The Hall–Kier alpha value is -3.68. The molecular weight excluding hydrogens is 373 g/mol. The van der Waals surface area contributed by atoms with Crippen LogP contribution >= 0.6 is 0 Å². The van der Waals surface area contributed by atoms with E-state index >= 15 is 0 Å². The summed E-state index contributed by atoms with van der Waals surface area (Å²) in [5.74, 6) is 1.93. The molecule has 0 spiro atoms. The van der Waals surface area contributed by atoms with E-state index in [-0.39, 0.29) is 18.3 Å². The summed E-state index contributed by atoms with van der Waals surface area (Å²) in [6.45, 7) is 1.67. The fourth-order valence-corrected chi connectivity index (χ4v) is 2.51. The second-order valence-corrected chi connectivity index (χ2v) is 6.55. The summed E-state index contributed by atoms with van der Waals surface area (Å²) in [6, 6.07) is 14.6. The van der Waals surface area contributed by atoms with Gasteiger partial charge >= 0.3 is 0 Å². The van der Waals surface area contributed by atoms with E-state index in [1.54, 1.807) is 12.1 Å². The zero-order chi connectivity index (χ0) is 20.8. The molecule has 3 aromatic rings. The van der Waals surface area contributed by atoms with Gasteiger partial charge in [-0.1, -0.05) is 0 Å². The lowest BCUT2D eigenvalue weighted by Gasteiger charge is -2.14. The highest BCUT2D eigenvalue weighted by molar-refractivity contribution is 5.92. The Labute approximate surface area is 168 Å². The predicted octanol–water partition coefficient (Wildman–Crippen LogP) is 3.75. The number of halogens is 1. The second-order valence-electron chi connectivity index (χ2n) is 6.55. The van der Waals surface area contributed by atoms with Crippen molar-refractivity contribution in [1.82, 2.24) is 9.97 Å². The number of aromatic nitrogens is 2. The van der Waals surface area contributed by atoms with Crippen LogP contribution in [0, 0.1) is 12.7 Å². The molecule has 0 aliphatic heterocycles. The van der Waals surface area contributed by atoms with Gasteiger partial charge in [0.15, 0.2) is 6.61 Å². The molecule has 29 heavy (non-hydrogen) atoms. The number of nitrogens with one attached hydrogen (secondary N) is 2. The number of hydrogen-bond donors (Lipinski definition) is 2. The minimum absolute atomic E-state index is 0.168. The Morgan fingerprint density at radius 2 is 1.69 bits per heavy atom. The largest absolute Gasteiger partial charge is 0.484 e. The van der Waals surface area contributed by atoms with Crippen LogP contribution < -0.4 is 20.3 Å². The van der Waals surface area contributed by atoms with E-state index in [1.807, 2.05) is 44.1 Å². The number of benzene rings is 2. The fourth-order valence-electron chi connectivity index (χ4n) is 2.51. The molecule has 3 rings (SSSR count). The maximum absolute atomic E-state index is 12.9. The van der Waals surface area contributed by atoms with E-state index in [4.69, 9.17) is 4.74 Å². The van der Waals surface area contributed by atoms with E-state index in [0.29, 0.717) is 23.1 Å². The molecule has 0 saturated heterocycles. The third-order valence-electron chi connectivity index (χ3n) is 3.91. The highest BCUT2D eigenvalue weighted by Crippen LogP contribution is 2.20. The number of carbonyl (C=O) groups excluding carboxylic acids is 1. The first-order chi connectivity index (χ1) is 13.9. The zero-order valence-corrected chi connectivity index (χ0v) is 16.4. The first-order valence-electron chi connectivity index (χ1n) is 8.97.